The number of halogens is 1. The van der Waals surface area contributed by atoms with Gasteiger partial charge in [0.05, 0.1) is 14.2 Å². The minimum Gasteiger partial charge on any atom is -0.504 e. The Labute approximate surface area is 168 Å². The Balaban J connectivity index is 1.88. The molecule has 0 amide bonds. The van der Waals surface area contributed by atoms with E-state index in [0.29, 0.717) is 12.3 Å². The Kier molecular flexibility index (Phi) is 6.24. The van der Waals surface area contributed by atoms with Crippen molar-refractivity contribution in [3.05, 3.63) is 82.3 Å². The van der Waals surface area contributed by atoms with Gasteiger partial charge in [-0.1, -0.05) is 34.1 Å². The van der Waals surface area contributed by atoms with Gasteiger partial charge in [-0.25, -0.2) is 0 Å². The van der Waals surface area contributed by atoms with Gasteiger partial charge in [0.15, 0.2) is 11.5 Å². The molecule has 27 heavy (non-hydrogen) atoms. The number of benzene rings is 3. The third kappa shape index (κ3) is 4.95. The number of phenols is 1. The molecule has 3 aromatic rings. The van der Waals surface area contributed by atoms with Crippen LogP contribution < -0.4 is 14.4 Å². The fourth-order valence-corrected chi connectivity index (χ4v) is 3.16. The molecule has 4 nitrogen and oxygen atoms in total. The number of aromatic hydroxyl groups is 1. The van der Waals surface area contributed by atoms with Crippen molar-refractivity contribution in [1.82, 2.24) is 0 Å². The summed E-state index contributed by atoms with van der Waals surface area (Å²) in [5.74, 6) is 1.44. The number of anilines is 1. The number of rotatable bonds is 7. The molecule has 0 aliphatic carbocycles. The van der Waals surface area contributed by atoms with E-state index in [1.165, 1.54) is 5.56 Å². The van der Waals surface area contributed by atoms with Gasteiger partial charge in [0.2, 0.25) is 0 Å². The Morgan fingerprint density at radius 1 is 0.815 bits per heavy atom. The van der Waals surface area contributed by atoms with Crippen molar-refractivity contribution in [3.8, 4) is 17.2 Å². The number of methoxy groups -OCH3 is 2. The van der Waals surface area contributed by atoms with Gasteiger partial charge in [0.25, 0.3) is 0 Å². The van der Waals surface area contributed by atoms with Crippen molar-refractivity contribution in [2.75, 3.05) is 19.1 Å². The zero-order valence-electron chi connectivity index (χ0n) is 15.4. The van der Waals surface area contributed by atoms with E-state index in [2.05, 4.69) is 33.0 Å². The summed E-state index contributed by atoms with van der Waals surface area (Å²) in [7, 11) is 3.21. The monoisotopic (exact) mass is 427 g/mol. The van der Waals surface area contributed by atoms with Crippen molar-refractivity contribution < 1.29 is 14.6 Å². The molecule has 0 aliphatic heterocycles. The molecule has 3 aromatic carbocycles. The maximum Gasteiger partial charge on any atom is 0.160 e. The van der Waals surface area contributed by atoms with Gasteiger partial charge in [0.1, 0.15) is 5.75 Å². The topological polar surface area (TPSA) is 41.9 Å². The van der Waals surface area contributed by atoms with Crippen LogP contribution in [0.25, 0.3) is 0 Å². The van der Waals surface area contributed by atoms with Crippen LogP contribution in [0.15, 0.2) is 71.2 Å². The molecule has 0 unspecified atom stereocenters. The lowest BCUT2D eigenvalue weighted by atomic mass is 10.1. The number of hydrogen-bond acceptors (Lipinski definition) is 4. The summed E-state index contributed by atoms with van der Waals surface area (Å²) in [6.07, 6.45) is 0. The Morgan fingerprint density at radius 2 is 1.44 bits per heavy atom. The highest BCUT2D eigenvalue weighted by Crippen LogP contribution is 2.29. The van der Waals surface area contributed by atoms with Gasteiger partial charge in [-0.2, -0.15) is 0 Å². The quantitative estimate of drug-likeness (QED) is 0.549. The summed E-state index contributed by atoms with van der Waals surface area (Å²) < 4.78 is 11.5. The molecule has 0 aliphatic rings. The molecule has 0 bridgehead atoms. The molecule has 1 N–H and O–H groups in total. The zero-order valence-corrected chi connectivity index (χ0v) is 16.9. The van der Waals surface area contributed by atoms with Gasteiger partial charge in [-0.05, 0) is 59.7 Å². The van der Waals surface area contributed by atoms with Crippen molar-refractivity contribution in [2.45, 2.75) is 13.1 Å². The summed E-state index contributed by atoms with van der Waals surface area (Å²) in [5, 5.41) is 10.1. The van der Waals surface area contributed by atoms with E-state index in [1.807, 2.05) is 42.5 Å². The van der Waals surface area contributed by atoms with Crippen molar-refractivity contribution in [1.29, 1.82) is 0 Å². The first-order valence-electron chi connectivity index (χ1n) is 8.58. The van der Waals surface area contributed by atoms with E-state index in [1.54, 1.807) is 26.4 Å². The van der Waals surface area contributed by atoms with E-state index in [4.69, 9.17) is 9.47 Å². The van der Waals surface area contributed by atoms with E-state index in [-0.39, 0.29) is 5.75 Å². The molecule has 0 heterocycles. The molecule has 140 valence electrons. The standard InChI is InChI=1S/C22H22BrNO3/c1-26-20-10-8-19(9-11-20)24(14-16-3-6-18(23)7-4-16)15-17-5-12-22(27-2)21(25)13-17/h3-13,25H,14-15H2,1-2H3. The van der Waals surface area contributed by atoms with Crippen molar-refractivity contribution in [2.24, 2.45) is 0 Å². The minimum absolute atomic E-state index is 0.147. The van der Waals surface area contributed by atoms with Gasteiger partial charge >= 0.3 is 0 Å². The molecule has 0 aromatic heterocycles. The summed E-state index contributed by atoms with van der Waals surface area (Å²) in [5.41, 5.74) is 3.28. The van der Waals surface area contributed by atoms with E-state index < -0.39 is 0 Å². The molecule has 0 saturated carbocycles. The van der Waals surface area contributed by atoms with Crippen LogP contribution in [0, 0.1) is 0 Å². The average Bonchev–Trinajstić information content (AvgIpc) is 2.69. The van der Waals surface area contributed by atoms with Crippen LogP contribution in [0.2, 0.25) is 0 Å². The number of ether oxygens (including phenoxy) is 2. The predicted molar refractivity (Wildman–Crippen MR) is 112 cm³/mol. The molecule has 5 heteroatoms. The van der Waals surface area contributed by atoms with E-state index in [0.717, 1.165) is 28.0 Å². The highest BCUT2D eigenvalue weighted by atomic mass is 79.9. The molecule has 0 saturated heterocycles. The third-order valence-corrected chi connectivity index (χ3v) is 4.87. The van der Waals surface area contributed by atoms with E-state index >= 15 is 0 Å². The maximum atomic E-state index is 10.1. The van der Waals surface area contributed by atoms with Crippen molar-refractivity contribution in [3.63, 3.8) is 0 Å². The number of hydrogen-bond donors (Lipinski definition) is 1. The first-order chi connectivity index (χ1) is 13.1. The highest BCUT2D eigenvalue weighted by Gasteiger charge is 2.11. The molecule has 0 fully saturated rings. The second-order valence-corrected chi connectivity index (χ2v) is 7.10. The molecular formula is C22H22BrNO3. The normalized spacial score (nSPS) is 10.5. The largest absolute Gasteiger partial charge is 0.504 e. The fourth-order valence-electron chi connectivity index (χ4n) is 2.90. The number of phenolic OH excluding ortho intramolecular Hbond substituents is 1. The van der Waals surface area contributed by atoms with Crippen LogP contribution in [0.3, 0.4) is 0 Å². The molecule has 0 spiro atoms. The van der Waals surface area contributed by atoms with Crippen LogP contribution in [0.1, 0.15) is 11.1 Å². The third-order valence-electron chi connectivity index (χ3n) is 4.34. The van der Waals surface area contributed by atoms with Crippen LogP contribution in [-0.4, -0.2) is 19.3 Å². The predicted octanol–water partition coefficient (Wildman–Crippen LogP) is 5.38. The summed E-state index contributed by atoms with van der Waals surface area (Å²) in [6.45, 7) is 1.40. The minimum atomic E-state index is 0.147. The lowest BCUT2D eigenvalue weighted by Crippen LogP contribution is -2.22. The maximum absolute atomic E-state index is 10.1. The smallest absolute Gasteiger partial charge is 0.160 e. The summed E-state index contributed by atoms with van der Waals surface area (Å²) in [4.78, 5) is 2.25. The fraction of sp³-hybridized carbons (Fsp3) is 0.182. The Morgan fingerprint density at radius 3 is 2.04 bits per heavy atom. The van der Waals surface area contributed by atoms with Crippen LogP contribution in [0.4, 0.5) is 5.69 Å². The van der Waals surface area contributed by atoms with Gasteiger partial charge in [-0.3, -0.25) is 0 Å². The summed E-state index contributed by atoms with van der Waals surface area (Å²) >= 11 is 3.48. The van der Waals surface area contributed by atoms with Crippen molar-refractivity contribution >= 4 is 21.6 Å². The first-order valence-corrected chi connectivity index (χ1v) is 9.37. The Hall–Kier alpha value is -2.66. The lowest BCUT2D eigenvalue weighted by molar-refractivity contribution is 0.373. The average molecular weight is 428 g/mol. The first kappa shape index (κ1) is 19.1. The lowest BCUT2D eigenvalue weighted by Gasteiger charge is -2.26. The molecule has 0 radical (unpaired) electrons. The second kappa shape index (κ2) is 8.82. The Bertz CT molecular complexity index is 879. The number of nitrogens with zero attached hydrogens (tertiary/aromatic N) is 1. The highest BCUT2D eigenvalue weighted by molar-refractivity contribution is 9.10. The molecular weight excluding hydrogens is 406 g/mol. The molecule has 0 atom stereocenters. The summed E-state index contributed by atoms with van der Waals surface area (Å²) in [6, 6.07) is 21.8. The van der Waals surface area contributed by atoms with Crippen LogP contribution in [0.5, 0.6) is 17.2 Å². The molecule has 3 rings (SSSR count). The second-order valence-electron chi connectivity index (χ2n) is 6.19. The zero-order chi connectivity index (χ0) is 19.2. The van der Waals surface area contributed by atoms with Gasteiger partial charge in [-0.15, -0.1) is 0 Å². The van der Waals surface area contributed by atoms with Gasteiger partial charge in [0, 0.05) is 23.2 Å². The van der Waals surface area contributed by atoms with Crippen LogP contribution >= 0.6 is 15.9 Å². The SMILES string of the molecule is COc1ccc(N(Cc2ccc(Br)cc2)Cc2ccc(OC)c(O)c2)cc1. The van der Waals surface area contributed by atoms with Crippen LogP contribution in [-0.2, 0) is 13.1 Å². The van der Waals surface area contributed by atoms with E-state index in [9.17, 15) is 5.11 Å². The van der Waals surface area contributed by atoms with Gasteiger partial charge < -0.3 is 19.5 Å².